The van der Waals surface area contributed by atoms with Crippen molar-refractivity contribution in [3.8, 4) is 0 Å². The molecule has 0 aromatic carbocycles. The van der Waals surface area contributed by atoms with E-state index in [0.717, 1.165) is 27.5 Å². The average molecular weight is 293 g/mol. The van der Waals surface area contributed by atoms with Crippen LogP contribution in [-0.2, 0) is 12.8 Å². The van der Waals surface area contributed by atoms with E-state index in [1.165, 1.54) is 5.56 Å². The number of nitrogens with zero attached hydrogens (tertiary/aromatic N) is 1. The normalized spacial score (nSPS) is 10.3. The van der Waals surface area contributed by atoms with Crippen LogP contribution in [0, 0.1) is 0 Å². The van der Waals surface area contributed by atoms with E-state index in [-0.39, 0.29) is 0 Å². The lowest BCUT2D eigenvalue weighted by molar-refractivity contribution is 0.980. The molecule has 0 aliphatic carbocycles. The van der Waals surface area contributed by atoms with Crippen LogP contribution in [0.1, 0.15) is 25.1 Å². The summed E-state index contributed by atoms with van der Waals surface area (Å²) in [6.45, 7) is 4.25. The Kier molecular flexibility index (Phi) is 3.72. The molecule has 1 aromatic rings. The van der Waals surface area contributed by atoms with Gasteiger partial charge in [-0.3, -0.25) is 4.98 Å². The molecule has 0 amide bonds. The van der Waals surface area contributed by atoms with Crippen LogP contribution in [-0.4, -0.2) is 4.98 Å². The van der Waals surface area contributed by atoms with Crippen molar-refractivity contribution >= 4 is 31.9 Å². The van der Waals surface area contributed by atoms with Crippen molar-refractivity contribution in [3.05, 3.63) is 26.4 Å². The van der Waals surface area contributed by atoms with E-state index in [1.54, 1.807) is 0 Å². The van der Waals surface area contributed by atoms with E-state index in [2.05, 4.69) is 50.7 Å². The fourth-order valence-electron chi connectivity index (χ4n) is 1.12. The minimum atomic E-state index is 0.973. The highest BCUT2D eigenvalue weighted by molar-refractivity contribution is 9.11. The zero-order valence-electron chi connectivity index (χ0n) is 7.19. The number of aryl methyl sites for hydroxylation is 1. The van der Waals surface area contributed by atoms with Crippen molar-refractivity contribution in [2.45, 2.75) is 26.7 Å². The molecule has 0 atom stereocenters. The van der Waals surface area contributed by atoms with E-state index in [9.17, 15) is 0 Å². The lowest BCUT2D eigenvalue weighted by atomic mass is 10.1. The summed E-state index contributed by atoms with van der Waals surface area (Å²) >= 11 is 7.04. The van der Waals surface area contributed by atoms with Gasteiger partial charge in [0, 0.05) is 15.1 Å². The Labute approximate surface area is 89.8 Å². The molecule has 0 unspecified atom stereocenters. The van der Waals surface area contributed by atoms with Gasteiger partial charge < -0.3 is 0 Å². The third-order valence-electron chi connectivity index (χ3n) is 1.83. The van der Waals surface area contributed by atoms with Crippen LogP contribution in [0.3, 0.4) is 0 Å². The monoisotopic (exact) mass is 291 g/mol. The van der Waals surface area contributed by atoms with Gasteiger partial charge in [0.15, 0.2) is 0 Å². The predicted octanol–water partition coefficient (Wildman–Crippen LogP) is 3.73. The molecule has 0 fully saturated rings. The Hall–Kier alpha value is 0.110. The molecule has 0 spiro atoms. The topological polar surface area (TPSA) is 12.9 Å². The van der Waals surface area contributed by atoms with Gasteiger partial charge >= 0.3 is 0 Å². The molecule has 3 heteroatoms. The molecule has 0 radical (unpaired) electrons. The van der Waals surface area contributed by atoms with Crippen LogP contribution in [0.2, 0.25) is 0 Å². The van der Waals surface area contributed by atoms with E-state index < -0.39 is 0 Å². The van der Waals surface area contributed by atoms with Crippen LogP contribution in [0.25, 0.3) is 0 Å². The molecule has 1 heterocycles. The summed E-state index contributed by atoms with van der Waals surface area (Å²) in [5, 5.41) is 0. The Morgan fingerprint density at radius 3 is 2.42 bits per heavy atom. The number of rotatable bonds is 2. The zero-order valence-corrected chi connectivity index (χ0v) is 10.4. The van der Waals surface area contributed by atoms with Crippen molar-refractivity contribution in [2.75, 3.05) is 0 Å². The Balaban J connectivity index is 3.24. The molecule has 0 aliphatic rings. The number of halogens is 2. The maximum Gasteiger partial charge on any atom is 0.0546 e. The van der Waals surface area contributed by atoms with Crippen molar-refractivity contribution in [1.29, 1.82) is 0 Å². The highest BCUT2D eigenvalue weighted by atomic mass is 79.9. The molecule has 12 heavy (non-hydrogen) atoms. The van der Waals surface area contributed by atoms with E-state index >= 15 is 0 Å². The SMILES string of the molecule is CCc1ncc(Br)c(CC)c1Br. The molecule has 0 aliphatic heterocycles. The first kappa shape index (κ1) is 10.2. The summed E-state index contributed by atoms with van der Waals surface area (Å²) in [7, 11) is 0. The first-order valence-corrected chi connectivity index (χ1v) is 5.61. The smallest absolute Gasteiger partial charge is 0.0546 e. The van der Waals surface area contributed by atoms with Gasteiger partial charge in [-0.05, 0) is 50.3 Å². The van der Waals surface area contributed by atoms with Gasteiger partial charge in [0.05, 0.1) is 5.69 Å². The quantitative estimate of drug-likeness (QED) is 0.809. The van der Waals surface area contributed by atoms with E-state index in [0.29, 0.717) is 0 Å². The molecule has 0 bridgehead atoms. The summed E-state index contributed by atoms with van der Waals surface area (Å²) in [5.41, 5.74) is 2.44. The molecular formula is C9H11Br2N. The van der Waals surface area contributed by atoms with Gasteiger partial charge in [-0.1, -0.05) is 13.8 Å². The summed E-state index contributed by atoms with van der Waals surface area (Å²) in [6, 6.07) is 0. The van der Waals surface area contributed by atoms with E-state index in [1.807, 2.05) is 6.20 Å². The Morgan fingerprint density at radius 2 is 1.92 bits per heavy atom. The summed E-state index contributed by atoms with van der Waals surface area (Å²) in [6.07, 6.45) is 3.87. The Morgan fingerprint density at radius 1 is 1.25 bits per heavy atom. The minimum absolute atomic E-state index is 0.973. The maximum atomic E-state index is 4.31. The van der Waals surface area contributed by atoms with Crippen LogP contribution in [0.15, 0.2) is 15.1 Å². The minimum Gasteiger partial charge on any atom is -0.259 e. The summed E-state index contributed by atoms with van der Waals surface area (Å²) in [4.78, 5) is 4.31. The van der Waals surface area contributed by atoms with Crippen molar-refractivity contribution in [2.24, 2.45) is 0 Å². The third kappa shape index (κ3) is 1.88. The van der Waals surface area contributed by atoms with Gasteiger partial charge in [0.25, 0.3) is 0 Å². The van der Waals surface area contributed by atoms with Gasteiger partial charge in [0.2, 0.25) is 0 Å². The third-order valence-corrected chi connectivity index (χ3v) is 3.45. The van der Waals surface area contributed by atoms with Gasteiger partial charge in [-0.2, -0.15) is 0 Å². The molecule has 1 nitrogen and oxygen atoms in total. The molecule has 66 valence electrons. The van der Waals surface area contributed by atoms with E-state index in [4.69, 9.17) is 0 Å². The molecule has 1 rings (SSSR count). The fraction of sp³-hybridized carbons (Fsp3) is 0.444. The Bertz CT molecular complexity index is 284. The summed E-state index contributed by atoms with van der Waals surface area (Å²) < 4.78 is 2.25. The second-order valence-corrected chi connectivity index (χ2v) is 4.20. The van der Waals surface area contributed by atoms with Crippen LogP contribution in [0.5, 0.6) is 0 Å². The van der Waals surface area contributed by atoms with Crippen LogP contribution < -0.4 is 0 Å². The second-order valence-electron chi connectivity index (χ2n) is 2.55. The molecular weight excluding hydrogens is 282 g/mol. The number of hydrogen-bond acceptors (Lipinski definition) is 1. The average Bonchev–Trinajstić information content (AvgIpc) is 2.06. The molecule has 0 saturated carbocycles. The standard InChI is InChI=1S/C9H11Br2N/c1-3-6-7(10)5-12-8(4-2)9(6)11/h5H,3-4H2,1-2H3. The van der Waals surface area contributed by atoms with Gasteiger partial charge in [0.1, 0.15) is 0 Å². The molecule has 0 N–H and O–H groups in total. The first-order valence-electron chi connectivity index (χ1n) is 4.02. The van der Waals surface area contributed by atoms with Crippen LogP contribution in [0.4, 0.5) is 0 Å². The molecule has 0 saturated heterocycles. The number of pyridine rings is 1. The predicted molar refractivity (Wildman–Crippen MR) is 58.4 cm³/mol. The summed E-state index contributed by atoms with van der Waals surface area (Å²) in [5.74, 6) is 0. The highest BCUT2D eigenvalue weighted by Gasteiger charge is 2.07. The largest absolute Gasteiger partial charge is 0.259 e. The molecule has 1 aromatic heterocycles. The fourth-order valence-corrected chi connectivity index (χ4v) is 2.84. The van der Waals surface area contributed by atoms with Crippen molar-refractivity contribution < 1.29 is 0 Å². The lowest BCUT2D eigenvalue weighted by Gasteiger charge is -2.07. The maximum absolute atomic E-state index is 4.31. The van der Waals surface area contributed by atoms with Crippen LogP contribution >= 0.6 is 31.9 Å². The van der Waals surface area contributed by atoms with Crippen molar-refractivity contribution in [1.82, 2.24) is 4.98 Å². The second kappa shape index (κ2) is 4.38. The van der Waals surface area contributed by atoms with Crippen molar-refractivity contribution in [3.63, 3.8) is 0 Å². The lowest BCUT2D eigenvalue weighted by Crippen LogP contribution is -1.94. The zero-order chi connectivity index (χ0) is 9.14. The van der Waals surface area contributed by atoms with Gasteiger partial charge in [-0.15, -0.1) is 0 Å². The first-order chi connectivity index (χ1) is 5.70. The number of aromatic nitrogens is 1. The van der Waals surface area contributed by atoms with Gasteiger partial charge in [-0.25, -0.2) is 0 Å². The highest BCUT2D eigenvalue weighted by Crippen LogP contribution is 2.27. The number of hydrogen-bond donors (Lipinski definition) is 0.